The molecular weight excluding hydrogens is 296 g/mol. The van der Waals surface area contributed by atoms with Gasteiger partial charge in [-0.05, 0) is 6.42 Å². The van der Waals surface area contributed by atoms with E-state index in [0.29, 0.717) is 13.1 Å². The third-order valence-corrected chi connectivity index (χ3v) is 5.00. The molecule has 1 aliphatic heterocycles. The topological polar surface area (TPSA) is 95.0 Å². The van der Waals surface area contributed by atoms with Crippen molar-refractivity contribution in [3.8, 4) is 0 Å². The Kier molecular flexibility index (Phi) is 6.19. The fourth-order valence-corrected chi connectivity index (χ4v) is 3.91. The zero-order valence-corrected chi connectivity index (χ0v) is 13.0. The smallest absolute Gasteiger partial charge is 0.320 e. The van der Waals surface area contributed by atoms with E-state index in [1.54, 1.807) is 11.0 Å². The second-order valence-electron chi connectivity index (χ2n) is 5.08. The van der Waals surface area contributed by atoms with Crippen LogP contribution < -0.4 is 0 Å². The Morgan fingerprint density at radius 3 is 2.67 bits per heavy atom. The number of rotatable bonds is 6. The SMILES string of the molecule is C=CCN(CCC)C(=O)N1CCS(=O)(=O)CC1CC(=O)O. The summed E-state index contributed by atoms with van der Waals surface area (Å²) < 4.78 is 23.3. The summed E-state index contributed by atoms with van der Waals surface area (Å²) in [6.07, 6.45) is 1.99. The van der Waals surface area contributed by atoms with Crippen molar-refractivity contribution in [3.05, 3.63) is 12.7 Å². The van der Waals surface area contributed by atoms with Crippen LogP contribution in [0.5, 0.6) is 0 Å². The monoisotopic (exact) mass is 318 g/mol. The van der Waals surface area contributed by atoms with Gasteiger partial charge in [-0.1, -0.05) is 13.0 Å². The number of sulfone groups is 1. The molecule has 8 heteroatoms. The summed E-state index contributed by atoms with van der Waals surface area (Å²) in [5.74, 6) is -1.53. The number of amides is 2. The van der Waals surface area contributed by atoms with E-state index in [4.69, 9.17) is 5.11 Å². The molecule has 0 aromatic carbocycles. The largest absolute Gasteiger partial charge is 0.481 e. The number of carbonyl (C=O) groups excluding carboxylic acids is 1. The first-order chi connectivity index (χ1) is 9.80. The lowest BCUT2D eigenvalue weighted by Gasteiger charge is -2.38. The van der Waals surface area contributed by atoms with Gasteiger partial charge in [0.15, 0.2) is 9.84 Å². The zero-order chi connectivity index (χ0) is 16.0. The summed E-state index contributed by atoms with van der Waals surface area (Å²) in [5, 5.41) is 8.92. The number of nitrogens with zero attached hydrogens (tertiary/aromatic N) is 2. The van der Waals surface area contributed by atoms with Crippen molar-refractivity contribution in [2.75, 3.05) is 31.1 Å². The summed E-state index contributed by atoms with van der Waals surface area (Å²) in [6.45, 7) is 6.44. The molecule has 7 nitrogen and oxygen atoms in total. The molecule has 0 spiro atoms. The molecule has 2 amide bonds. The molecule has 0 bridgehead atoms. The first kappa shape index (κ1) is 17.5. The van der Waals surface area contributed by atoms with E-state index in [1.165, 1.54) is 4.90 Å². The van der Waals surface area contributed by atoms with Gasteiger partial charge in [0.25, 0.3) is 0 Å². The van der Waals surface area contributed by atoms with Gasteiger partial charge in [-0.3, -0.25) is 4.79 Å². The lowest BCUT2D eigenvalue weighted by atomic mass is 10.2. The number of urea groups is 1. The number of carboxylic acid groups (broad SMARTS) is 1. The average molecular weight is 318 g/mol. The fourth-order valence-electron chi connectivity index (χ4n) is 2.38. The maximum absolute atomic E-state index is 12.5. The highest BCUT2D eigenvalue weighted by molar-refractivity contribution is 7.91. The summed E-state index contributed by atoms with van der Waals surface area (Å²) in [5.41, 5.74) is 0. The van der Waals surface area contributed by atoms with Gasteiger partial charge in [0.05, 0.1) is 24.0 Å². The van der Waals surface area contributed by atoms with Crippen molar-refractivity contribution in [2.24, 2.45) is 0 Å². The lowest BCUT2D eigenvalue weighted by molar-refractivity contribution is -0.138. The standard InChI is InChI=1S/C13H22N2O5S/c1-3-5-14(6-4-2)13(18)15-7-8-21(19,20)10-11(15)9-12(16)17/h3,11H,1,4-10H2,2H3,(H,16,17). The summed E-state index contributed by atoms with van der Waals surface area (Å²) in [7, 11) is -3.29. The molecule has 21 heavy (non-hydrogen) atoms. The molecule has 1 N–H and O–H groups in total. The molecule has 0 aromatic rings. The lowest BCUT2D eigenvalue weighted by Crippen LogP contribution is -2.56. The second kappa shape index (κ2) is 7.44. The van der Waals surface area contributed by atoms with Crippen LogP contribution >= 0.6 is 0 Å². The van der Waals surface area contributed by atoms with Gasteiger partial charge in [-0.15, -0.1) is 6.58 Å². The van der Waals surface area contributed by atoms with Crippen molar-refractivity contribution in [1.82, 2.24) is 9.80 Å². The number of carboxylic acids is 1. The van der Waals surface area contributed by atoms with Crippen LogP contribution in [0.3, 0.4) is 0 Å². The average Bonchev–Trinajstić information content (AvgIpc) is 2.36. The molecular formula is C13H22N2O5S. The first-order valence-electron chi connectivity index (χ1n) is 6.89. The maximum Gasteiger partial charge on any atom is 0.320 e. The van der Waals surface area contributed by atoms with Crippen LogP contribution in [0.4, 0.5) is 4.79 Å². The minimum absolute atomic E-state index is 0.0382. The van der Waals surface area contributed by atoms with Gasteiger partial charge < -0.3 is 14.9 Å². The van der Waals surface area contributed by atoms with E-state index < -0.39 is 21.8 Å². The molecule has 0 radical (unpaired) electrons. The van der Waals surface area contributed by atoms with Crippen LogP contribution in [0.15, 0.2) is 12.7 Å². The predicted octanol–water partition coefficient (Wildman–Crippen LogP) is 0.578. The summed E-state index contributed by atoms with van der Waals surface area (Å²) in [6, 6.07) is -1.13. The number of hydrogen-bond acceptors (Lipinski definition) is 4. The number of hydrogen-bond donors (Lipinski definition) is 1. The van der Waals surface area contributed by atoms with Crippen LogP contribution in [0, 0.1) is 0 Å². The minimum Gasteiger partial charge on any atom is -0.481 e. The van der Waals surface area contributed by atoms with E-state index in [1.807, 2.05) is 6.92 Å². The Hall–Kier alpha value is -1.57. The molecule has 0 saturated carbocycles. The molecule has 1 aliphatic rings. The third kappa shape index (κ3) is 5.04. The molecule has 1 fully saturated rings. The van der Waals surface area contributed by atoms with Gasteiger partial charge in [-0.25, -0.2) is 13.2 Å². The number of carbonyl (C=O) groups is 2. The highest BCUT2D eigenvalue weighted by Crippen LogP contribution is 2.17. The van der Waals surface area contributed by atoms with Crippen molar-refractivity contribution in [1.29, 1.82) is 0 Å². The van der Waals surface area contributed by atoms with Gasteiger partial charge >= 0.3 is 12.0 Å². The van der Waals surface area contributed by atoms with Crippen molar-refractivity contribution < 1.29 is 23.1 Å². The minimum atomic E-state index is -3.29. The molecule has 1 rings (SSSR count). The molecule has 1 heterocycles. The zero-order valence-electron chi connectivity index (χ0n) is 12.2. The van der Waals surface area contributed by atoms with Crippen LogP contribution in [0.1, 0.15) is 19.8 Å². The van der Waals surface area contributed by atoms with Crippen molar-refractivity contribution in [3.63, 3.8) is 0 Å². The fraction of sp³-hybridized carbons (Fsp3) is 0.692. The molecule has 1 unspecified atom stereocenters. The Morgan fingerprint density at radius 1 is 1.48 bits per heavy atom. The third-order valence-electron chi connectivity index (χ3n) is 3.30. The van der Waals surface area contributed by atoms with E-state index in [0.717, 1.165) is 6.42 Å². The Morgan fingerprint density at radius 2 is 2.14 bits per heavy atom. The highest BCUT2D eigenvalue weighted by Gasteiger charge is 2.36. The van der Waals surface area contributed by atoms with Crippen LogP contribution in [0.25, 0.3) is 0 Å². The van der Waals surface area contributed by atoms with Gasteiger partial charge in [-0.2, -0.15) is 0 Å². The molecule has 0 aliphatic carbocycles. The molecule has 0 aromatic heterocycles. The Bertz CT molecular complexity index is 503. The van der Waals surface area contributed by atoms with Gasteiger partial charge in [0.2, 0.25) is 0 Å². The normalized spacial score (nSPS) is 20.8. The van der Waals surface area contributed by atoms with Crippen molar-refractivity contribution >= 4 is 21.8 Å². The van der Waals surface area contributed by atoms with Crippen LogP contribution in [-0.2, 0) is 14.6 Å². The second-order valence-corrected chi connectivity index (χ2v) is 7.31. The van der Waals surface area contributed by atoms with Gasteiger partial charge in [0, 0.05) is 19.6 Å². The van der Waals surface area contributed by atoms with E-state index in [-0.39, 0.29) is 30.5 Å². The maximum atomic E-state index is 12.5. The van der Waals surface area contributed by atoms with Crippen LogP contribution in [0.2, 0.25) is 0 Å². The highest BCUT2D eigenvalue weighted by atomic mass is 32.2. The quantitative estimate of drug-likeness (QED) is 0.723. The van der Waals surface area contributed by atoms with E-state index in [9.17, 15) is 18.0 Å². The van der Waals surface area contributed by atoms with Crippen molar-refractivity contribution in [2.45, 2.75) is 25.8 Å². The van der Waals surface area contributed by atoms with E-state index in [2.05, 4.69) is 6.58 Å². The first-order valence-corrected chi connectivity index (χ1v) is 8.71. The molecule has 1 atom stereocenters. The summed E-state index contributed by atoms with van der Waals surface area (Å²) >= 11 is 0. The molecule has 1 saturated heterocycles. The predicted molar refractivity (Wildman–Crippen MR) is 78.9 cm³/mol. The van der Waals surface area contributed by atoms with E-state index >= 15 is 0 Å². The van der Waals surface area contributed by atoms with Crippen LogP contribution in [-0.4, -0.2) is 72.5 Å². The Labute approximate surface area is 125 Å². The Balaban J connectivity index is 2.92. The molecule has 120 valence electrons. The number of aliphatic carboxylic acids is 1. The van der Waals surface area contributed by atoms with Gasteiger partial charge in [0.1, 0.15) is 0 Å². The summed E-state index contributed by atoms with van der Waals surface area (Å²) in [4.78, 5) is 26.3.